The van der Waals surface area contributed by atoms with Crippen LogP contribution in [0.2, 0.25) is 0 Å². The van der Waals surface area contributed by atoms with Crippen LogP contribution in [0, 0.1) is 12.7 Å². The lowest BCUT2D eigenvalue weighted by atomic mass is 9.99. The number of nitrogens with two attached hydrogens (primary N) is 1. The first-order valence-electron chi connectivity index (χ1n) is 8.02. The number of rotatable bonds is 6. The Hall–Kier alpha value is -1.21. The molecule has 1 aliphatic rings. The molecule has 5 nitrogen and oxygen atoms in total. The average molecular weight is 360 g/mol. The van der Waals surface area contributed by atoms with Crippen LogP contribution in [0.4, 0.5) is 4.39 Å². The molecule has 2 atom stereocenters. The number of halogens is 2. The van der Waals surface area contributed by atoms with Gasteiger partial charge in [0.25, 0.3) is 0 Å². The van der Waals surface area contributed by atoms with Crippen LogP contribution in [0.25, 0.3) is 0 Å². The van der Waals surface area contributed by atoms with E-state index in [9.17, 15) is 9.18 Å². The zero-order chi connectivity index (χ0) is 16.8. The lowest BCUT2D eigenvalue weighted by Crippen LogP contribution is -2.51. The number of ether oxygens (including phenoxy) is 1. The van der Waals surface area contributed by atoms with Crippen molar-refractivity contribution in [3.63, 3.8) is 0 Å². The molecule has 1 amide bonds. The third-order valence-electron chi connectivity index (χ3n) is 4.47. The number of piperidine rings is 1. The van der Waals surface area contributed by atoms with Crippen molar-refractivity contribution in [1.29, 1.82) is 0 Å². The van der Waals surface area contributed by atoms with Gasteiger partial charge in [0.05, 0.1) is 12.6 Å². The van der Waals surface area contributed by atoms with Crippen molar-refractivity contribution in [3.05, 3.63) is 35.1 Å². The smallest absolute Gasteiger partial charge is 0.234 e. The normalized spacial score (nSPS) is 21.2. The molecule has 0 saturated carbocycles. The number of carbonyl (C=O) groups is 1. The molecule has 0 radical (unpaired) electrons. The fourth-order valence-corrected chi connectivity index (χ4v) is 2.92. The van der Waals surface area contributed by atoms with Crippen LogP contribution in [0.5, 0.6) is 0 Å². The van der Waals surface area contributed by atoms with Crippen molar-refractivity contribution >= 4 is 18.3 Å². The highest BCUT2D eigenvalue weighted by Gasteiger charge is 2.28. The maximum Gasteiger partial charge on any atom is 0.234 e. The van der Waals surface area contributed by atoms with Gasteiger partial charge in [-0.3, -0.25) is 9.69 Å². The number of carbonyl (C=O) groups excluding carboxylic acids is 1. The summed E-state index contributed by atoms with van der Waals surface area (Å²) in [5, 5.41) is 2.84. The minimum atomic E-state index is -0.249. The van der Waals surface area contributed by atoms with E-state index in [0.29, 0.717) is 25.2 Å². The number of likely N-dealkylation sites (tertiary alicyclic amines) is 1. The molecule has 2 rings (SSSR count). The molecule has 2 unspecified atom stereocenters. The van der Waals surface area contributed by atoms with Crippen molar-refractivity contribution in [1.82, 2.24) is 10.2 Å². The first-order valence-corrected chi connectivity index (χ1v) is 8.02. The van der Waals surface area contributed by atoms with E-state index in [0.717, 1.165) is 24.9 Å². The topological polar surface area (TPSA) is 67.6 Å². The van der Waals surface area contributed by atoms with Crippen LogP contribution < -0.4 is 11.1 Å². The van der Waals surface area contributed by atoms with Crippen LogP contribution in [0.1, 0.15) is 24.0 Å². The van der Waals surface area contributed by atoms with Crippen LogP contribution in [-0.2, 0) is 16.1 Å². The highest BCUT2D eigenvalue weighted by atomic mass is 35.5. The number of hydrogen-bond donors (Lipinski definition) is 2. The number of nitrogens with zero attached hydrogens (tertiary/aromatic N) is 1. The monoisotopic (exact) mass is 359 g/mol. The zero-order valence-electron chi connectivity index (χ0n) is 14.3. The van der Waals surface area contributed by atoms with Crippen molar-refractivity contribution < 1.29 is 13.9 Å². The zero-order valence-corrected chi connectivity index (χ0v) is 15.1. The van der Waals surface area contributed by atoms with Crippen LogP contribution in [0.3, 0.4) is 0 Å². The van der Waals surface area contributed by atoms with Crippen LogP contribution in [-0.4, -0.2) is 49.7 Å². The van der Waals surface area contributed by atoms with Gasteiger partial charge in [0, 0.05) is 32.8 Å². The number of benzene rings is 1. The minimum Gasteiger partial charge on any atom is -0.381 e. The van der Waals surface area contributed by atoms with Crippen LogP contribution in [0.15, 0.2) is 18.2 Å². The van der Waals surface area contributed by atoms with Gasteiger partial charge in [-0.05, 0) is 37.0 Å². The van der Waals surface area contributed by atoms with E-state index in [4.69, 9.17) is 10.5 Å². The minimum absolute atomic E-state index is 0. The van der Waals surface area contributed by atoms with E-state index < -0.39 is 0 Å². The van der Waals surface area contributed by atoms with E-state index >= 15 is 0 Å². The second kappa shape index (κ2) is 9.93. The number of aryl methyl sites for hydroxylation is 1. The van der Waals surface area contributed by atoms with Crippen molar-refractivity contribution in [3.8, 4) is 0 Å². The van der Waals surface area contributed by atoms with Crippen molar-refractivity contribution in [2.75, 3.05) is 26.7 Å². The highest BCUT2D eigenvalue weighted by molar-refractivity contribution is 5.85. The summed E-state index contributed by atoms with van der Waals surface area (Å²) in [6.45, 7) is 3.67. The second-order valence-corrected chi connectivity index (χ2v) is 6.10. The van der Waals surface area contributed by atoms with Gasteiger partial charge < -0.3 is 15.8 Å². The third-order valence-corrected chi connectivity index (χ3v) is 4.47. The van der Waals surface area contributed by atoms with Gasteiger partial charge in [0.2, 0.25) is 5.91 Å². The van der Waals surface area contributed by atoms with E-state index in [1.54, 1.807) is 20.1 Å². The third kappa shape index (κ3) is 5.70. The Morgan fingerprint density at radius 2 is 2.25 bits per heavy atom. The molecule has 3 N–H and O–H groups in total. The maximum absolute atomic E-state index is 13.5. The summed E-state index contributed by atoms with van der Waals surface area (Å²) in [5.41, 5.74) is 7.17. The Bertz CT molecular complexity index is 545. The number of methoxy groups -OCH3 is 1. The molecule has 0 aliphatic carbocycles. The molecule has 0 aromatic heterocycles. The number of amides is 1. The molecule has 1 heterocycles. The van der Waals surface area contributed by atoms with E-state index in [-0.39, 0.29) is 36.3 Å². The van der Waals surface area contributed by atoms with E-state index in [1.165, 1.54) is 6.07 Å². The van der Waals surface area contributed by atoms with Gasteiger partial charge in [-0.15, -0.1) is 12.4 Å². The van der Waals surface area contributed by atoms with Gasteiger partial charge in [0.1, 0.15) is 5.82 Å². The molecule has 0 bridgehead atoms. The lowest BCUT2D eigenvalue weighted by molar-refractivity contribution is -0.124. The summed E-state index contributed by atoms with van der Waals surface area (Å²) < 4.78 is 18.9. The summed E-state index contributed by atoms with van der Waals surface area (Å²) in [6, 6.07) is 5.17. The Kier molecular flexibility index (Phi) is 8.62. The highest BCUT2D eigenvalue weighted by Crippen LogP contribution is 2.18. The van der Waals surface area contributed by atoms with Gasteiger partial charge >= 0.3 is 0 Å². The standard InChI is InChI=1S/C17H26FN3O2.ClH/c1-12-3-4-13(7-16(12)18)10-20-17(22)11-21-6-5-15(23-2)8-14(21)9-19;/h3-4,7,14-15H,5-6,8-11,19H2,1-2H3,(H,20,22);1H. The maximum atomic E-state index is 13.5. The van der Waals surface area contributed by atoms with Gasteiger partial charge in [0.15, 0.2) is 0 Å². The van der Waals surface area contributed by atoms with Gasteiger partial charge in [-0.25, -0.2) is 4.39 Å². The van der Waals surface area contributed by atoms with Gasteiger partial charge in [-0.1, -0.05) is 12.1 Å². The average Bonchev–Trinajstić information content (AvgIpc) is 2.56. The second-order valence-electron chi connectivity index (χ2n) is 6.10. The van der Waals surface area contributed by atoms with Crippen LogP contribution >= 0.6 is 12.4 Å². The molecule has 7 heteroatoms. The predicted molar refractivity (Wildman–Crippen MR) is 94.7 cm³/mol. The SMILES string of the molecule is COC1CCN(CC(=O)NCc2ccc(C)c(F)c2)C(CN)C1.Cl. The summed E-state index contributed by atoms with van der Waals surface area (Å²) >= 11 is 0. The molecule has 0 spiro atoms. The summed E-state index contributed by atoms with van der Waals surface area (Å²) in [5.74, 6) is -0.318. The molecule has 1 fully saturated rings. The quantitative estimate of drug-likeness (QED) is 0.809. The molecular weight excluding hydrogens is 333 g/mol. The first kappa shape index (κ1) is 20.8. The molecular formula is C17H27ClFN3O2. The van der Waals surface area contributed by atoms with E-state index in [1.807, 2.05) is 6.07 Å². The summed E-state index contributed by atoms with van der Waals surface area (Å²) in [7, 11) is 1.71. The first-order chi connectivity index (χ1) is 11.0. The van der Waals surface area contributed by atoms with Crippen molar-refractivity contribution in [2.24, 2.45) is 5.73 Å². The summed E-state index contributed by atoms with van der Waals surface area (Å²) in [4.78, 5) is 14.2. The number of nitrogens with one attached hydrogen (secondary N) is 1. The van der Waals surface area contributed by atoms with Gasteiger partial charge in [-0.2, -0.15) is 0 Å². The molecule has 24 heavy (non-hydrogen) atoms. The fourth-order valence-electron chi connectivity index (χ4n) is 2.92. The fraction of sp³-hybridized carbons (Fsp3) is 0.588. The molecule has 1 aromatic carbocycles. The molecule has 1 saturated heterocycles. The molecule has 1 aromatic rings. The van der Waals surface area contributed by atoms with Crippen molar-refractivity contribution in [2.45, 2.75) is 38.5 Å². The molecule has 136 valence electrons. The molecule has 1 aliphatic heterocycles. The lowest BCUT2D eigenvalue weighted by Gasteiger charge is -2.37. The Morgan fingerprint density at radius 1 is 1.50 bits per heavy atom. The summed E-state index contributed by atoms with van der Waals surface area (Å²) in [6.07, 6.45) is 1.98. The van der Waals surface area contributed by atoms with E-state index in [2.05, 4.69) is 10.2 Å². The Morgan fingerprint density at radius 3 is 2.88 bits per heavy atom. The largest absolute Gasteiger partial charge is 0.381 e. The Labute approximate surface area is 149 Å². The number of hydrogen-bond acceptors (Lipinski definition) is 4. The predicted octanol–water partition coefficient (Wildman–Crippen LogP) is 1.61. The Balaban J connectivity index is 0.00000288.